The van der Waals surface area contributed by atoms with Gasteiger partial charge in [-0.1, -0.05) is 18.2 Å². The van der Waals surface area contributed by atoms with Crippen LogP contribution in [0.3, 0.4) is 0 Å². The molecule has 0 aliphatic heterocycles. The van der Waals surface area contributed by atoms with Crippen LogP contribution in [0.1, 0.15) is 28.4 Å². The molecule has 0 spiro atoms. The van der Waals surface area contributed by atoms with Crippen LogP contribution < -0.4 is 10.1 Å². The van der Waals surface area contributed by atoms with Crippen molar-refractivity contribution in [3.63, 3.8) is 0 Å². The number of amides is 1. The third-order valence-electron chi connectivity index (χ3n) is 3.62. The van der Waals surface area contributed by atoms with Crippen LogP contribution in [-0.2, 0) is 0 Å². The quantitative estimate of drug-likeness (QED) is 0.651. The number of benzene rings is 2. The van der Waals surface area contributed by atoms with Crippen molar-refractivity contribution >= 4 is 11.6 Å². The van der Waals surface area contributed by atoms with Gasteiger partial charge < -0.3 is 10.1 Å². The van der Waals surface area contributed by atoms with Gasteiger partial charge in [0.25, 0.3) is 11.6 Å². The third-order valence-corrected chi connectivity index (χ3v) is 3.62. The number of aryl methyl sites for hydroxylation is 2. The summed E-state index contributed by atoms with van der Waals surface area (Å²) in [5, 5.41) is 13.6. The smallest absolute Gasteiger partial charge is 0.272 e. The molecule has 0 aliphatic carbocycles. The highest BCUT2D eigenvalue weighted by molar-refractivity contribution is 5.94. The molecule has 1 N–H and O–H groups in total. The zero-order chi connectivity index (χ0) is 17.7. The summed E-state index contributed by atoms with van der Waals surface area (Å²) >= 11 is 0. The summed E-state index contributed by atoms with van der Waals surface area (Å²) in [6.07, 6.45) is 0. The maximum Gasteiger partial charge on any atom is 0.272 e. The average molecular weight is 328 g/mol. The van der Waals surface area contributed by atoms with E-state index in [1.165, 1.54) is 18.2 Å². The number of nitrogens with one attached hydrogen (secondary N) is 1. The summed E-state index contributed by atoms with van der Waals surface area (Å²) in [5.74, 6) is 0.499. The number of hydrogen-bond donors (Lipinski definition) is 1. The normalized spacial score (nSPS) is 11.6. The van der Waals surface area contributed by atoms with Crippen LogP contribution in [-0.4, -0.2) is 23.5 Å². The number of nitro benzene ring substituents is 1. The molecule has 2 aromatic rings. The van der Waals surface area contributed by atoms with Gasteiger partial charge in [-0.15, -0.1) is 0 Å². The monoisotopic (exact) mass is 328 g/mol. The van der Waals surface area contributed by atoms with Crippen LogP contribution in [0.15, 0.2) is 42.5 Å². The molecule has 0 saturated carbocycles. The lowest BCUT2D eigenvalue weighted by Gasteiger charge is -2.16. The second-order valence-corrected chi connectivity index (χ2v) is 5.71. The molecule has 6 heteroatoms. The Morgan fingerprint density at radius 3 is 2.54 bits per heavy atom. The van der Waals surface area contributed by atoms with E-state index in [1.54, 1.807) is 6.92 Å². The minimum Gasteiger partial charge on any atom is -0.491 e. The van der Waals surface area contributed by atoms with Crippen LogP contribution >= 0.6 is 0 Å². The molecule has 126 valence electrons. The first-order valence-electron chi connectivity index (χ1n) is 7.63. The number of nitro groups is 1. The predicted molar refractivity (Wildman–Crippen MR) is 91.4 cm³/mol. The molecule has 1 amide bonds. The summed E-state index contributed by atoms with van der Waals surface area (Å²) in [4.78, 5) is 22.6. The second-order valence-electron chi connectivity index (χ2n) is 5.71. The fourth-order valence-corrected chi connectivity index (χ4v) is 2.28. The highest BCUT2D eigenvalue weighted by Crippen LogP contribution is 2.19. The number of rotatable bonds is 6. The molecule has 2 aromatic carbocycles. The molecule has 6 nitrogen and oxygen atoms in total. The lowest BCUT2D eigenvalue weighted by molar-refractivity contribution is -0.385. The van der Waals surface area contributed by atoms with E-state index in [9.17, 15) is 14.9 Å². The van der Waals surface area contributed by atoms with Gasteiger partial charge in [0, 0.05) is 17.2 Å². The van der Waals surface area contributed by atoms with Gasteiger partial charge in [-0.25, -0.2) is 0 Å². The minimum atomic E-state index is -0.463. The van der Waals surface area contributed by atoms with E-state index in [1.807, 2.05) is 38.1 Å². The fourth-order valence-electron chi connectivity index (χ4n) is 2.28. The van der Waals surface area contributed by atoms with Crippen molar-refractivity contribution < 1.29 is 14.5 Å². The van der Waals surface area contributed by atoms with Crippen LogP contribution in [0.25, 0.3) is 0 Å². The Hall–Kier alpha value is -2.89. The van der Waals surface area contributed by atoms with E-state index in [4.69, 9.17) is 4.74 Å². The van der Waals surface area contributed by atoms with Gasteiger partial charge >= 0.3 is 0 Å². The van der Waals surface area contributed by atoms with E-state index < -0.39 is 4.92 Å². The first-order chi connectivity index (χ1) is 11.4. The lowest BCUT2D eigenvalue weighted by Crippen LogP contribution is -2.36. The summed E-state index contributed by atoms with van der Waals surface area (Å²) < 4.78 is 5.71. The van der Waals surface area contributed by atoms with E-state index in [-0.39, 0.29) is 17.6 Å². The van der Waals surface area contributed by atoms with Gasteiger partial charge in [0.1, 0.15) is 12.4 Å². The molecule has 0 fully saturated rings. The second kappa shape index (κ2) is 7.59. The molecule has 24 heavy (non-hydrogen) atoms. The highest BCUT2D eigenvalue weighted by Gasteiger charge is 2.15. The first kappa shape index (κ1) is 17.5. The van der Waals surface area contributed by atoms with Gasteiger partial charge in [0.05, 0.1) is 11.0 Å². The topological polar surface area (TPSA) is 81.5 Å². The standard InChI is InChI=1S/C18H20N2O4/c1-12-6-4-5-7-17(12)24-11-14(3)19-18(21)15-8-9-16(20(22)23)13(2)10-15/h4-10,14H,11H2,1-3H3,(H,19,21). The van der Waals surface area contributed by atoms with E-state index in [0.29, 0.717) is 17.7 Å². The molecule has 0 bridgehead atoms. The lowest BCUT2D eigenvalue weighted by atomic mass is 10.1. The number of carbonyl (C=O) groups is 1. The number of para-hydroxylation sites is 1. The molecule has 0 saturated heterocycles. The van der Waals surface area contributed by atoms with Crippen molar-refractivity contribution in [3.8, 4) is 5.75 Å². The number of ether oxygens (including phenoxy) is 1. The summed E-state index contributed by atoms with van der Waals surface area (Å²) in [5.41, 5.74) is 1.88. The van der Waals surface area contributed by atoms with E-state index in [0.717, 1.165) is 11.3 Å². The van der Waals surface area contributed by atoms with Gasteiger partial charge in [0.2, 0.25) is 0 Å². The minimum absolute atomic E-state index is 0.00230. The van der Waals surface area contributed by atoms with Crippen LogP contribution in [0.5, 0.6) is 5.75 Å². The molecule has 1 unspecified atom stereocenters. The Kier molecular flexibility index (Phi) is 5.52. The summed E-state index contributed by atoms with van der Waals surface area (Å²) in [6.45, 7) is 5.74. The zero-order valence-electron chi connectivity index (χ0n) is 13.9. The Bertz CT molecular complexity index is 758. The van der Waals surface area contributed by atoms with Crippen molar-refractivity contribution in [2.75, 3.05) is 6.61 Å². The van der Waals surface area contributed by atoms with Gasteiger partial charge in [-0.05, 0) is 44.5 Å². The Morgan fingerprint density at radius 2 is 1.92 bits per heavy atom. The molecular formula is C18H20N2O4. The van der Waals surface area contributed by atoms with Gasteiger partial charge in [0.15, 0.2) is 0 Å². The molecule has 0 radical (unpaired) electrons. The van der Waals surface area contributed by atoms with Crippen molar-refractivity contribution in [2.24, 2.45) is 0 Å². The van der Waals surface area contributed by atoms with E-state index >= 15 is 0 Å². The maximum absolute atomic E-state index is 12.2. The van der Waals surface area contributed by atoms with Crippen molar-refractivity contribution in [2.45, 2.75) is 26.8 Å². The average Bonchev–Trinajstić information content (AvgIpc) is 2.53. The summed E-state index contributed by atoms with van der Waals surface area (Å²) in [6, 6.07) is 11.8. The van der Waals surface area contributed by atoms with Crippen LogP contribution in [0.4, 0.5) is 5.69 Å². The van der Waals surface area contributed by atoms with Crippen LogP contribution in [0.2, 0.25) is 0 Å². The third kappa shape index (κ3) is 4.32. The largest absolute Gasteiger partial charge is 0.491 e. The highest BCUT2D eigenvalue weighted by atomic mass is 16.6. The van der Waals surface area contributed by atoms with Crippen molar-refractivity contribution in [1.29, 1.82) is 0 Å². The number of carbonyl (C=O) groups excluding carboxylic acids is 1. The van der Waals surface area contributed by atoms with Crippen molar-refractivity contribution in [3.05, 3.63) is 69.3 Å². The van der Waals surface area contributed by atoms with Gasteiger partial charge in [-0.2, -0.15) is 0 Å². The Labute approximate surface area is 140 Å². The Balaban J connectivity index is 1.95. The molecule has 0 heterocycles. The van der Waals surface area contributed by atoms with Crippen molar-refractivity contribution in [1.82, 2.24) is 5.32 Å². The van der Waals surface area contributed by atoms with Gasteiger partial charge in [-0.3, -0.25) is 14.9 Å². The first-order valence-corrected chi connectivity index (χ1v) is 7.63. The van der Waals surface area contributed by atoms with Crippen LogP contribution in [0, 0.1) is 24.0 Å². The molecular weight excluding hydrogens is 308 g/mol. The SMILES string of the molecule is Cc1ccccc1OCC(C)NC(=O)c1ccc([N+](=O)[O-])c(C)c1. The molecule has 2 rings (SSSR count). The fraction of sp³-hybridized carbons (Fsp3) is 0.278. The zero-order valence-corrected chi connectivity index (χ0v) is 13.9. The molecule has 0 aromatic heterocycles. The number of hydrogen-bond acceptors (Lipinski definition) is 4. The predicted octanol–water partition coefficient (Wildman–Crippen LogP) is 3.41. The Morgan fingerprint density at radius 1 is 1.21 bits per heavy atom. The number of nitrogens with zero attached hydrogens (tertiary/aromatic N) is 1. The molecule has 0 aliphatic rings. The maximum atomic E-state index is 12.2. The molecule has 1 atom stereocenters. The summed E-state index contributed by atoms with van der Waals surface area (Å²) in [7, 11) is 0. The van der Waals surface area contributed by atoms with E-state index in [2.05, 4.69) is 5.32 Å².